The van der Waals surface area contributed by atoms with E-state index in [1.807, 2.05) is 49.4 Å². The van der Waals surface area contributed by atoms with E-state index in [0.29, 0.717) is 29.6 Å². The van der Waals surface area contributed by atoms with Crippen molar-refractivity contribution in [3.8, 4) is 17.2 Å². The summed E-state index contributed by atoms with van der Waals surface area (Å²) in [4.78, 5) is 12.1. The maximum absolute atomic E-state index is 12.1. The number of hydrogen-bond acceptors (Lipinski definition) is 5. The smallest absolute Gasteiger partial charge is 0.247 e. The third-order valence-corrected chi connectivity index (χ3v) is 3.68. The zero-order valence-electron chi connectivity index (χ0n) is 14.2. The first-order valence-electron chi connectivity index (χ1n) is 7.97. The van der Waals surface area contributed by atoms with Crippen molar-refractivity contribution in [1.82, 2.24) is 10.2 Å². The highest BCUT2D eigenvalue weighted by atomic mass is 16.5. The molecule has 0 aliphatic rings. The molecule has 1 N–H and O–H groups in total. The number of carbonyl (C=O) groups is 1. The monoisotopic (exact) mass is 337 g/mol. The second kappa shape index (κ2) is 7.61. The standard InChI is InChI=1S/C19H19N3O3/c1-13-6-8-14(9-7-13)19-22-21-18(25-19)11-10-17(23)20-15-4-3-5-16(12-15)24-2/h3-9,12H,10-11H2,1-2H3,(H,20,23). The largest absolute Gasteiger partial charge is 0.497 e. The van der Waals surface area contributed by atoms with Crippen LogP contribution < -0.4 is 10.1 Å². The van der Waals surface area contributed by atoms with Crippen LogP contribution in [0.3, 0.4) is 0 Å². The van der Waals surface area contributed by atoms with Crippen LogP contribution in [0.5, 0.6) is 5.75 Å². The van der Waals surface area contributed by atoms with E-state index in [4.69, 9.17) is 9.15 Å². The van der Waals surface area contributed by atoms with Gasteiger partial charge < -0.3 is 14.5 Å². The minimum absolute atomic E-state index is 0.122. The molecule has 1 heterocycles. The Morgan fingerprint density at radius 1 is 1.16 bits per heavy atom. The van der Waals surface area contributed by atoms with E-state index in [2.05, 4.69) is 15.5 Å². The van der Waals surface area contributed by atoms with E-state index >= 15 is 0 Å². The van der Waals surface area contributed by atoms with Gasteiger partial charge >= 0.3 is 0 Å². The normalized spacial score (nSPS) is 10.5. The Hall–Kier alpha value is -3.15. The van der Waals surface area contributed by atoms with Gasteiger partial charge in [-0.05, 0) is 31.2 Å². The van der Waals surface area contributed by atoms with Crippen LogP contribution in [0.25, 0.3) is 11.5 Å². The molecule has 0 unspecified atom stereocenters. The summed E-state index contributed by atoms with van der Waals surface area (Å²) in [5.41, 5.74) is 2.72. The van der Waals surface area contributed by atoms with Gasteiger partial charge in [-0.1, -0.05) is 23.8 Å². The molecule has 6 nitrogen and oxygen atoms in total. The lowest BCUT2D eigenvalue weighted by molar-refractivity contribution is -0.116. The quantitative estimate of drug-likeness (QED) is 0.743. The molecular weight excluding hydrogens is 318 g/mol. The topological polar surface area (TPSA) is 77.2 Å². The fraction of sp³-hybridized carbons (Fsp3) is 0.211. The molecule has 128 valence electrons. The summed E-state index contributed by atoms with van der Waals surface area (Å²) in [7, 11) is 1.59. The molecule has 1 aromatic heterocycles. The Morgan fingerprint density at radius 3 is 2.72 bits per heavy atom. The molecule has 0 bridgehead atoms. The number of benzene rings is 2. The van der Waals surface area contributed by atoms with Crippen LogP contribution in [0.15, 0.2) is 52.9 Å². The molecule has 0 fully saturated rings. The van der Waals surface area contributed by atoms with E-state index in [0.717, 1.165) is 11.1 Å². The maximum atomic E-state index is 12.1. The Morgan fingerprint density at radius 2 is 1.96 bits per heavy atom. The molecule has 0 saturated heterocycles. The van der Waals surface area contributed by atoms with Crippen LogP contribution in [-0.2, 0) is 11.2 Å². The number of amides is 1. The lowest BCUT2D eigenvalue weighted by atomic mass is 10.1. The second-order valence-corrected chi connectivity index (χ2v) is 5.65. The number of rotatable bonds is 6. The molecule has 2 aromatic carbocycles. The molecule has 25 heavy (non-hydrogen) atoms. The van der Waals surface area contributed by atoms with Crippen molar-refractivity contribution in [2.24, 2.45) is 0 Å². The van der Waals surface area contributed by atoms with Gasteiger partial charge in [0.2, 0.25) is 17.7 Å². The summed E-state index contributed by atoms with van der Waals surface area (Å²) < 4.78 is 10.8. The minimum Gasteiger partial charge on any atom is -0.497 e. The molecule has 0 aliphatic heterocycles. The van der Waals surface area contributed by atoms with Crippen LogP contribution in [0.4, 0.5) is 5.69 Å². The number of nitrogens with one attached hydrogen (secondary N) is 1. The van der Waals surface area contributed by atoms with Crippen molar-refractivity contribution >= 4 is 11.6 Å². The molecule has 0 spiro atoms. The lowest BCUT2D eigenvalue weighted by Gasteiger charge is -2.06. The van der Waals surface area contributed by atoms with Crippen molar-refractivity contribution in [3.63, 3.8) is 0 Å². The number of ether oxygens (including phenoxy) is 1. The highest BCUT2D eigenvalue weighted by molar-refractivity contribution is 5.90. The number of anilines is 1. The molecule has 0 radical (unpaired) electrons. The van der Waals surface area contributed by atoms with Gasteiger partial charge in [0.05, 0.1) is 7.11 Å². The number of aromatic nitrogens is 2. The number of hydrogen-bond donors (Lipinski definition) is 1. The van der Waals surface area contributed by atoms with E-state index in [1.165, 1.54) is 0 Å². The first-order valence-corrected chi connectivity index (χ1v) is 7.97. The highest BCUT2D eigenvalue weighted by Crippen LogP contribution is 2.19. The van der Waals surface area contributed by atoms with E-state index in [1.54, 1.807) is 13.2 Å². The molecule has 0 saturated carbocycles. The van der Waals surface area contributed by atoms with Crippen LogP contribution in [-0.4, -0.2) is 23.2 Å². The molecule has 3 aromatic rings. The molecule has 3 rings (SSSR count). The van der Waals surface area contributed by atoms with E-state index < -0.39 is 0 Å². The summed E-state index contributed by atoms with van der Waals surface area (Å²) in [6, 6.07) is 15.1. The predicted octanol–water partition coefficient (Wildman–Crippen LogP) is 3.62. The van der Waals surface area contributed by atoms with Gasteiger partial charge in [0.25, 0.3) is 0 Å². The van der Waals surface area contributed by atoms with Crippen LogP contribution in [0.1, 0.15) is 17.9 Å². The van der Waals surface area contributed by atoms with Gasteiger partial charge in [-0.3, -0.25) is 4.79 Å². The number of carbonyl (C=O) groups excluding carboxylic acids is 1. The van der Waals surface area contributed by atoms with Gasteiger partial charge in [0, 0.05) is 30.2 Å². The summed E-state index contributed by atoms with van der Waals surface area (Å²) >= 11 is 0. The van der Waals surface area contributed by atoms with Crippen molar-refractivity contribution < 1.29 is 13.9 Å². The first-order chi connectivity index (χ1) is 12.1. The second-order valence-electron chi connectivity index (χ2n) is 5.65. The molecule has 6 heteroatoms. The fourth-order valence-corrected chi connectivity index (χ4v) is 2.31. The minimum atomic E-state index is -0.122. The average molecular weight is 337 g/mol. The third kappa shape index (κ3) is 4.44. The van der Waals surface area contributed by atoms with Gasteiger partial charge in [-0.2, -0.15) is 0 Å². The highest BCUT2D eigenvalue weighted by Gasteiger charge is 2.11. The molecule has 1 amide bonds. The summed E-state index contributed by atoms with van der Waals surface area (Å²) in [5, 5.41) is 10.9. The first kappa shape index (κ1) is 16.7. The van der Waals surface area contributed by atoms with E-state index in [-0.39, 0.29) is 12.3 Å². The SMILES string of the molecule is COc1cccc(NC(=O)CCc2nnc(-c3ccc(C)cc3)o2)c1. The summed E-state index contributed by atoms with van der Waals surface area (Å²) in [6.07, 6.45) is 0.640. The van der Waals surface area contributed by atoms with Gasteiger partial charge in [-0.15, -0.1) is 10.2 Å². The van der Waals surface area contributed by atoms with Gasteiger partial charge in [0.15, 0.2) is 0 Å². The molecule has 0 aliphatic carbocycles. The van der Waals surface area contributed by atoms with Gasteiger partial charge in [0.1, 0.15) is 5.75 Å². The van der Waals surface area contributed by atoms with Crippen molar-refractivity contribution in [2.75, 3.05) is 12.4 Å². The van der Waals surface area contributed by atoms with Crippen LogP contribution >= 0.6 is 0 Å². The predicted molar refractivity (Wildman–Crippen MR) is 94.4 cm³/mol. The number of nitrogens with zero attached hydrogens (tertiary/aromatic N) is 2. The molecular formula is C19H19N3O3. The van der Waals surface area contributed by atoms with Crippen LogP contribution in [0, 0.1) is 6.92 Å². The zero-order valence-corrected chi connectivity index (χ0v) is 14.2. The van der Waals surface area contributed by atoms with E-state index in [9.17, 15) is 4.79 Å². The summed E-state index contributed by atoms with van der Waals surface area (Å²) in [6.45, 7) is 2.02. The fourth-order valence-electron chi connectivity index (χ4n) is 2.31. The number of aryl methyl sites for hydroxylation is 2. The Labute approximate surface area is 145 Å². The average Bonchev–Trinajstić information content (AvgIpc) is 3.10. The number of methoxy groups -OCH3 is 1. The van der Waals surface area contributed by atoms with Crippen molar-refractivity contribution in [3.05, 3.63) is 60.0 Å². The van der Waals surface area contributed by atoms with Crippen LogP contribution in [0.2, 0.25) is 0 Å². The zero-order chi connectivity index (χ0) is 17.6. The Bertz CT molecular complexity index is 856. The van der Waals surface area contributed by atoms with Crippen molar-refractivity contribution in [2.45, 2.75) is 19.8 Å². The van der Waals surface area contributed by atoms with Gasteiger partial charge in [-0.25, -0.2) is 0 Å². The maximum Gasteiger partial charge on any atom is 0.247 e. The molecule has 0 atom stereocenters. The van der Waals surface area contributed by atoms with Crippen molar-refractivity contribution in [1.29, 1.82) is 0 Å². The lowest BCUT2D eigenvalue weighted by Crippen LogP contribution is -2.12. The third-order valence-electron chi connectivity index (χ3n) is 3.68. The summed E-state index contributed by atoms with van der Waals surface area (Å²) in [5.74, 6) is 1.47. The Balaban J connectivity index is 1.56. The Kier molecular flexibility index (Phi) is 5.09.